The van der Waals surface area contributed by atoms with Gasteiger partial charge in [0.15, 0.2) is 18.0 Å². The molecule has 0 aliphatic carbocycles. The Balaban J connectivity index is 1.75. The maximum Gasteiger partial charge on any atom is 0.776 e. The summed E-state index contributed by atoms with van der Waals surface area (Å²) in [5, 5.41) is 0. The van der Waals surface area contributed by atoms with Crippen LogP contribution in [0.3, 0.4) is 0 Å². The number of nitrogens with zero attached hydrogens (tertiary/aromatic N) is 2. The highest BCUT2D eigenvalue weighted by Gasteiger charge is 2.71. The van der Waals surface area contributed by atoms with E-state index in [-0.39, 0.29) is 11.1 Å². The van der Waals surface area contributed by atoms with Crippen LogP contribution in [0.2, 0.25) is 0 Å². The van der Waals surface area contributed by atoms with E-state index in [1.165, 1.54) is 0 Å². The van der Waals surface area contributed by atoms with Crippen LogP contribution in [0.25, 0.3) is 0 Å². The van der Waals surface area contributed by atoms with E-state index < -0.39 is 6.82 Å². The Labute approximate surface area is 141 Å². The lowest BCUT2D eigenvalue weighted by Crippen LogP contribution is -2.76. The van der Waals surface area contributed by atoms with Crippen molar-refractivity contribution >= 4 is 12.7 Å². The molecule has 0 saturated carbocycles. The summed E-state index contributed by atoms with van der Waals surface area (Å²) < 4.78 is 27.1. The van der Waals surface area contributed by atoms with Crippen LogP contribution >= 0.6 is 0 Å². The second kappa shape index (κ2) is 4.02. The van der Waals surface area contributed by atoms with Gasteiger partial charge in [0.05, 0.1) is 0 Å². The Morgan fingerprint density at radius 1 is 1.00 bits per heavy atom. The minimum Gasteiger partial charge on any atom is -0.599 e. The Hall–Kier alpha value is -2.31. The van der Waals surface area contributed by atoms with Crippen LogP contribution in [0.4, 0.5) is 0 Å². The van der Waals surface area contributed by atoms with Gasteiger partial charge in [-0.15, -0.1) is 0 Å². The third-order valence-corrected chi connectivity index (χ3v) is 5.24. The number of rotatable bonds is 0. The molecule has 24 heavy (non-hydrogen) atoms. The van der Waals surface area contributed by atoms with Gasteiger partial charge in [0, 0.05) is 5.54 Å². The first-order valence-electron chi connectivity index (χ1n) is 8.39. The van der Waals surface area contributed by atoms with Gasteiger partial charge in [-0.1, -0.05) is 12.1 Å². The number of hydrogen-bond acceptors (Lipinski definition) is 5. The lowest BCUT2D eigenvalue weighted by molar-refractivity contribution is -0.508. The summed E-state index contributed by atoms with van der Waals surface area (Å²) >= 11 is 0. The zero-order chi connectivity index (χ0) is 16.7. The molecule has 1 aromatic carbocycles. The van der Waals surface area contributed by atoms with Gasteiger partial charge in [-0.25, -0.2) is 0 Å². The smallest absolute Gasteiger partial charge is 0.599 e. The van der Waals surface area contributed by atoms with E-state index in [0.29, 0.717) is 13.2 Å². The fourth-order valence-electron chi connectivity index (χ4n) is 4.23. The summed E-state index contributed by atoms with van der Waals surface area (Å²) in [6.07, 6.45) is 1.95. The quantitative estimate of drug-likeness (QED) is 0.682. The molecule has 4 heterocycles. The lowest BCUT2D eigenvalue weighted by atomic mass is 9.75. The summed E-state index contributed by atoms with van der Waals surface area (Å²) in [5.74, 6) is 3.00. The summed E-state index contributed by atoms with van der Waals surface area (Å²) in [4.78, 5) is 2.15. The molecule has 1 aromatic rings. The van der Waals surface area contributed by atoms with Crippen molar-refractivity contribution in [1.82, 2.24) is 4.81 Å². The van der Waals surface area contributed by atoms with E-state index in [9.17, 15) is 0 Å². The van der Waals surface area contributed by atoms with E-state index in [1.54, 1.807) is 0 Å². The molecule has 1 fully saturated rings. The summed E-state index contributed by atoms with van der Waals surface area (Å²) in [7, 11) is 0. The maximum atomic E-state index is 6.50. The van der Waals surface area contributed by atoms with Crippen LogP contribution in [0.5, 0.6) is 11.5 Å². The van der Waals surface area contributed by atoms with Gasteiger partial charge in [0.2, 0.25) is 0 Å². The van der Waals surface area contributed by atoms with E-state index >= 15 is 0 Å². The first-order chi connectivity index (χ1) is 11.3. The molecule has 0 bridgehead atoms. The van der Waals surface area contributed by atoms with E-state index in [4.69, 9.17) is 18.8 Å². The second-order valence-electron chi connectivity index (χ2n) is 8.08. The molecule has 6 nitrogen and oxygen atoms in total. The Bertz CT molecular complexity index is 790. The van der Waals surface area contributed by atoms with Gasteiger partial charge >= 0.3 is 12.7 Å². The van der Waals surface area contributed by atoms with Crippen molar-refractivity contribution in [3.05, 3.63) is 36.2 Å². The Kier molecular flexibility index (Phi) is 2.36. The Morgan fingerprint density at radius 3 is 2.33 bits per heavy atom. The van der Waals surface area contributed by atoms with Gasteiger partial charge < -0.3 is 28.1 Å². The van der Waals surface area contributed by atoms with E-state index in [0.717, 1.165) is 23.3 Å². The summed E-state index contributed by atoms with van der Waals surface area (Å²) in [6.45, 7) is 7.72. The van der Waals surface area contributed by atoms with Gasteiger partial charge in [0.25, 0.3) is 0 Å². The summed E-state index contributed by atoms with van der Waals surface area (Å²) in [6, 6.07) is 7.80. The SMILES string of the molecule is CC1(C)COC2=CC3=[N+]([B-]4(Oc5ccccc5O4)N21)C(C)(C)CO3. The molecular formula is C17H21BN2O4. The number of hydrogen-bond donors (Lipinski definition) is 0. The van der Waals surface area contributed by atoms with Crippen LogP contribution < -0.4 is 9.31 Å². The number of benzene rings is 1. The molecule has 0 N–H and O–H groups in total. The molecule has 7 heteroatoms. The third kappa shape index (κ3) is 1.55. The normalized spacial score (nSPS) is 26.7. The molecule has 126 valence electrons. The highest BCUT2D eigenvalue weighted by molar-refractivity contribution is 6.60. The molecule has 0 atom stereocenters. The maximum absolute atomic E-state index is 6.50. The average molecular weight is 328 g/mol. The van der Waals surface area contributed by atoms with E-state index in [1.807, 2.05) is 30.3 Å². The molecule has 1 saturated heterocycles. The largest absolute Gasteiger partial charge is 0.776 e. The molecule has 1 spiro atoms. The monoisotopic (exact) mass is 328 g/mol. The van der Waals surface area contributed by atoms with Crippen LogP contribution in [-0.4, -0.2) is 46.3 Å². The van der Waals surface area contributed by atoms with Crippen molar-refractivity contribution in [1.29, 1.82) is 0 Å². The highest BCUT2D eigenvalue weighted by Crippen LogP contribution is 2.48. The molecule has 5 rings (SSSR count). The molecule has 0 unspecified atom stereocenters. The first kappa shape index (κ1) is 14.1. The molecule has 4 aliphatic heterocycles. The molecule has 4 aliphatic rings. The molecule has 0 radical (unpaired) electrons. The van der Waals surface area contributed by atoms with Crippen molar-refractivity contribution in [2.75, 3.05) is 13.2 Å². The van der Waals surface area contributed by atoms with Crippen LogP contribution in [0.1, 0.15) is 27.7 Å². The fraction of sp³-hybridized carbons (Fsp3) is 0.471. The van der Waals surface area contributed by atoms with Gasteiger partial charge in [-0.05, 0) is 39.8 Å². The minimum absolute atomic E-state index is 0.252. The third-order valence-electron chi connectivity index (χ3n) is 5.24. The number of fused-ring (bicyclic) bond motifs is 4. The minimum atomic E-state index is -1.99. The molecular weight excluding hydrogens is 307 g/mol. The highest BCUT2D eigenvalue weighted by atomic mass is 16.7. The average Bonchev–Trinajstić information content (AvgIpc) is 3.12. The topological polar surface area (TPSA) is 43.2 Å². The fourth-order valence-corrected chi connectivity index (χ4v) is 4.23. The van der Waals surface area contributed by atoms with Gasteiger partial charge in [0.1, 0.15) is 24.2 Å². The Morgan fingerprint density at radius 2 is 1.67 bits per heavy atom. The summed E-state index contributed by atoms with van der Waals surface area (Å²) in [5.41, 5.74) is -0.504. The lowest BCUT2D eigenvalue weighted by Gasteiger charge is -2.47. The van der Waals surface area contributed by atoms with Crippen molar-refractivity contribution in [3.63, 3.8) is 0 Å². The number of para-hydroxylation sites is 2. The predicted molar refractivity (Wildman–Crippen MR) is 88.7 cm³/mol. The second-order valence-corrected chi connectivity index (χ2v) is 8.08. The zero-order valence-corrected chi connectivity index (χ0v) is 14.4. The van der Waals surface area contributed by atoms with Crippen molar-refractivity contribution in [2.24, 2.45) is 0 Å². The van der Waals surface area contributed by atoms with Crippen molar-refractivity contribution in [2.45, 2.75) is 38.8 Å². The zero-order valence-electron chi connectivity index (χ0n) is 14.4. The molecule has 0 amide bonds. The van der Waals surface area contributed by atoms with Gasteiger partial charge in [-0.2, -0.15) is 0 Å². The van der Waals surface area contributed by atoms with Crippen molar-refractivity contribution in [3.8, 4) is 11.5 Å². The van der Waals surface area contributed by atoms with Crippen LogP contribution in [-0.2, 0) is 9.47 Å². The first-order valence-corrected chi connectivity index (χ1v) is 8.39. The van der Waals surface area contributed by atoms with Crippen LogP contribution in [0, 0.1) is 0 Å². The van der Waals surface area contributed by atoms with Crippen molar-refractivity contribution < 1.29 is 23.3 Å². The number of ether oxygens (including phenoxy) is 2. The van der Waals surface area contributed by atoms with Gasteiger partial charge in [-0.3, -0.25) is 0 Å². The standard InChI is InChI=1S/C17H21BN2O4/c1-16(2)10-21-14-9-15-20(17(3,4)11-22-15)18(19(14)16)23-12-7-5-6-8-13(12)24-18/h5-9H,10-11H2,1-4H3. The predicted octanol–water partition coefficient (Wildman–Crippen LogP) is 2.08. The van der Waals surface area contributed by atoms with E-state index in [2.05, 4.69) is 37.0 Å². The molecule has 0 aromatic heterocycles. The van der Waals surface area contributed by atoms with Crippen LogP contribution in [0.15, 0.2) is 36.2 Å².